The second-order valence-electron chi connectivity index (χ2n) is 8.56. The van der Waals surface area contributed by atoms with E-state index < -0.39 is 28.2 Å². The second-order valence-corrected chi connectivity index (χ2v) is 11.0. The number of hydrogen-bond acceptors (Lipinski definition) is 8. The lowest BCUT2D eigenvalue weighted by atomic mass is 10.1. The minimum absolute atomic E-state index is 0.00628. The Balaban J connectivity index is 1.49. The number of amides is 1. The third-order valence-corrected chi connectivity index (χ3v) is 8.55. The predicted octanol–water partition coefficient (Wildman–Crippen LogP) is 2.20. The third-order valence-electron chi connectivity index (χ3n) is 6.46. The van der Waals surface area contributed by atoms with Gasteiger partial charge in [-0.2, -0.15) is 20.8 Å². The number of hydrogen-bond donors (Lipinski definition) is 4. The van der Waals surface area contributed by atoms with Crippen molar-refractivity contribution in [3.8, 4) is 0 Å². The largest absolute Gasteiger partial charge is 0.365 e. The van der Waals surface area contributed by atoms with E-state index in [0.29, 0.717) is 5.69 Å². The molecule has 1 unspecified atom stereocenters. The molecule has 2 aliphatic rings. The van der Waals surface area contributed by atoms with Crippen molar-refractivity contribution in [1.29, 1.82) is 0 Å². The van der Waals surface area contributed by atoms with E-state index in [9.17, 15) is 22.7 Å². The van der Waals surface area contributed by atoms with Gasteiger partial charge in [-0.15, -0.1) is 0 Å². The summed E-state index contributed by atoms with van der Waals surface area (Å²) in [5.74, 6) is -0.711. The summed E-state index contributed by atoms with van der Waals surface area (Å²) in [6.07, 6.45) is 3.32. The van der Waals surface area contributed by atoms with Gasteiger partial charge < -0.3 is 16.0 Å². The molecule has 3 aromatic heterocycles. The lowest BCUT2D eigenvalue weighted by molar-refractivity contribution is 0.100. The number of fused-ring (bicyclic) bond motifs is 1. The number of carbonyl (C=O) groups is 1. The fourth-order valence-corrected chi connectivity index (χ4v) is 6.30. The Morgan fingerprint density at radius 2 is 2.06 bits per heavy atom. The zero-order valence-corrected chi connectivity index (χ0v) is 19.0. The lowest BCUT2D eigenvalue weighted by Crippen LogP contribution is -2.41. The van der Waals surface area contributed by atoms with Crippen molar-refractivity contribution in [2.75, 3.05) is 36.8 Å². The van der Waals surface area contributed by atoms with Gasteiger partial charge in [0.05, 0.1) is 29.4 Å². The van der Waals surface area contributed by atoms with Gasteiger partial charge in [-0.05, 0) is 32.0 Å². The average molecular weight is 497 g/mol. The highest BCUT2D eigenvalue weighted by atomic mass is 32.3. The van der Waals surface area contributed by atoms with E-state index in [1.54, 1.807) is 28.0 Å². The number of primary amides is 1. The van der Waals surface area contributed by atoms with Crippen LogP contribution in [0.2, 0.25) is 0 Å². The van der Waals surface area contributed by atoms with E-state index in [2.05, 4.69) is 20.5 Å². The normalized spacial score (nSPS) is 22.4. The van der Waals surface area contributed by atoms with Crippen LogP contribution in [0.25, 0.3) is 5.65 Å². The molecule has 3 aromatic rings. The highest BCUT2D eigenvalue weighted by molar-refractivity contribution is 8.24. The zero-order valence-electron chi connectivity index (χ0n) is 18.2. The van der Waals surface area contributed by atoms with Crippen molar-refractivity contribution in [3.05, 3.63) is 41.6 Å². The van der Waals surface area contributed by atoms with Crippen molar-refractivity contribution in [1.82, 2.24) is 29.7 Å². The van der Waals surface area contributed by atoms with Gasteiger partial charge in [0.25, 0.3) is 12.3 Å². The summed E-state index contributed by atoms with van der Waals surface area (Å²) in [4.78, 5) is 17.9. The molecule has 34 heavy (non-hydrogen) atoms. The first kappa shape index (κ1) is 23.0. The number of halogens is 2. The maximum atomic E-state index is 13.9. The number of alkyl halides is 2. The quantitative estimate of drug-likeness (QED) is 0.420. The molecule has 5 rings (SSSR count). The van der Waals surface area contributed by atoms with E-state index in [4.69, 9.17) is 5.73 Å². The van der Waals surface area contributed by atoms with E-state index >= 15 is 0 Å². The summed E-state index contributed by atoms with van der Waals surface area (Å²) in [7, 11) is -3.12. The Hall–Kier alpha value is -2.81. The molecule has 5 heterocycles. The van der Waals surface area contributed by atoms with Crippen LogP contribution in [0, 0.1) is 0 Å². The molecule has 184 valence electrons. The Kier molecular flexibility index (Phi) is 5.91. The molecule has 2 aliphatic heterocycles. The summed E-state index contributed by atoms with van der Waals surface area (Å²) < 4.78 is 52.5. The maximum absolute atomic E-state index is 13.9. The smallest absolute Gasteiger partial charge is 0.284 e. The molecular weight excluding hydrogens is 470 g/mol. The van der Waals surface area contributed by atoms with Crippen LogP contribution in [0.15, 0.2) is 24.7 Å². The fraction of sp³-hybridized carbons (Fsp3) is 0.500. The highest BCUT2D eigenvalue weighted by Crippen LogP contribution is 2.56. The van der Waals surface area contributed by atoms with Gasteiger partial charge in [0.2, 0.25) is 0 Å². The molecule has 0 saturated carbocycles. The number of nitrogens with zero attached hydrogens (tertiary/aromatic N) is 6. The average Bonchev–Trinajstić information content (AvgIpc) is 3.44. The number of aromatic nitrogens is 5. The summed E-state index contributed by atoms with van der Waals surface area (Å²) in [5.41, 5.74) is 6.00. The molecule has 2 saturated heterocycles. The molecular formula is C20H26F2N8O3S. The number of anilines is 1. The van der Waals surface area contributed by atoms with Gasteiger partial charge >= 0.3 is 0 Å². The summed E-state index contributed by atoms with van der Waals surface area (Å²) in [5, 5.41) is 10.6. The van der Waals surface area contributed by atoms with Gasteiger partial charge in [0.1, 0.15) is 10.8 Å². The van der Waals surface area contributed by atoms with Gasteiger partial charge in [0, 0.05) is 25.5 Å². The minimum Gasteiger partial charge on any atom is -0.365 e. The van der Waals surface area contributed by atoms with Crippen molar-refractivity contribution >= 4 is 27.8 Å². The molecule has 0 bridgehead atoms. The van der Waals surface area contributed by atoms with Crippen molar-refractivity contribution < 1.29 is 22.7 Å². The molecule has 5 N–H and O–H groups in total. The zero-order chi connectivity index (χ0) is 24.0. The first-order valence-electron chi connectivity index (χ1n) is 11.0. The fourth-order valence-electron chi connectivity index (χ4n) is 4.59. The van der Waals surface area contributed by atoms with E-state index in [0.717, 1.165) is 25.9 Å². The topological polar surface area (TPSA) is 147 Å². The molecule has 11 nitrogen and oxygen atoms in total. The van der Waals surface area contributed by atoms with Crippen LogP contribution in [-0.2, 0) is 0 Å². The molecule has 0 aliphatic carbocycles. The molecule has 1 atom stereocenters. The Bertz CT molecular complexity index is 1210. The van der Waals surface area contributed by atoms with Crippen LogP contribution >= 0.6 is 10.6 Å². The van der Waals surface area contributed by atoms with E-state index in [1.807, 2.05) is 0 Å². The second kappa shape index (κ2) is 8.76. The number of nitrogens with two attached hydrogens (primary N) is 1. The molecule has 1 amide bonds. The number of nitrogens with one attached hydrogen (secondary N) is 1. The van der Waals surface area contributed by atoms with Crippen LogP contribution in [0.1, 0.15) is 52.3 Å². The number of carbonyl (C=O) groups excluding carboxylic acids is 1. The molecule has 2 fully saturated rings. The first-order valence-corrected chi connectivity index (χ1v) is 12.7. The van der Waals surface area contributed by atoms with Crippen LogP contribution in [0.5, 0.6) is 0 Å². The minimum atomic E-state index is -3.12. The lowest BCUT2D eigenvalue weighted by Gasteiger charge is -2.47. The molecule has 0 radical (unpaired) electrons. The van der Waals surface area contributed by atoms with Gasteiger partial charge in [-0.25, -0.2) is 18.3 Å². The van der Waals surface area contributed by atoms with Crippen molar-refractivity contribution in [3.63, 3.8) is 0 Å². The van der Waals surface area contributed by atoms with Crippen LogP contribution in [-0.4, -0.2) is 71.3 Å². The molecule has 14 heteroatoms. The Labute approximate surface area is 195 Å². The standard InChI is InChI=1S/C20H26F2N8O3S/c21-18(22)17-15(10-30(27-17)12-1-4-24-5-2-12)28-7-8-34(32,33)16(11-28)14-3-6-29-20(26-14)13(9-25-29)19(23)31/h3,6,9-10,12,16,18,24,32-33H,1-2,4-5,7-8,11H2,(H2,23,31). The van der Waals surface area contributed by atoms with Crippen molar-refractivity contribution in [2.24, 2.45) is 5.73 Å². The molecule has 0 spiro atoms. The molecule has 0 aromatic carbocycles. The summed E-state index contributed by atoms with van der Waals surface area (Å²) >= 11 is 0. The predicted molar refractivity (Wildman–Crippen MR) is 122 cm³/mol. The SMILES string of the molecule is NC(=O)c1cnn2ccc(C3CN(c4cn(C5CCNCC5)nc4C(F)F)CCS3(O)O)nc12. The van der Waals surface area contributed by atoms with Crippen LogP contribution < -0.4 is 16.0 Å². The van der Waals surface area contributed by atoms with E-state index in [-0.39, 0.29) is 47.5 Å². The van der Waals surface area contributed by atoms with Gasteiger partial charge in [0.15, 0.2) is 11.3 Å². The summed E-state index contributed by atoms with van der Waals surface area (Å²) in [6.45, 7) is 1.85. The van der Waals surface area contributed by atoms with Crippen molar-refractivity contribution in [2.45, 2.75) is 30.6 Å². The van der Waals surface area contributed by atoms with Gasteiger partial charge in [-0.1, -0.05) is 0 Å². The number of piperidine rings is 1. The third kappa shape index (κ3) is 4.10. The Morgan fingerprint density at radius 1 is 1.29 bits per heavy atom. The maximum Gasteiger partial charge on any atom is 0.284 e. The first-order chi connectivity index (χ1) is 16.2. The highest BCUT2D eigenvalue weighted by Gasteiger charge is 2.38. The summed E-state index contributed by atoms with van der Waals surface area (Å²) in [6, 6.07) is 1.62. The number of rotatable bonds is 5. The van der Waals surface area contributed by atoms with Crippen LogP contribution in [0.4, 0.5) is 14.5 Å². The monoisotopic (exact) mass is 496 g/mol. The van der Waals surface area contributed by atoms with E-state index in [1.165, 1.54) is 10.7 Å². The Morgan fingerprint density at radius 3 is 2.76 bits per heavy atom. The van der Waals surface area contributed by atoms with Crippen LogP contribution in [0.3, 0.4) is 0 Å². The van der Waals surface area contributed by atoms with Gasteiger partial charge in [-0.3, -0.25) is 18.6 Å².